The molecule has 2 aromatic rings. The number of benzene rings is 2. The molecule has 7 heteroatoms. The van der Waals surface area contributed by atoms with E-state index in [0.717, 1.165) is 0 Å². The van der Waals surface area contributed by atoms with Crippen molar-refractivity contribution in [3.8, 4) is 0 Å². The van der Waals surface area contributed by atoms with Crippen LogP contribution in [0.15, 0.2) is 36.4 Å². The van der Waals surface area contributed by atoms with Gasteiger partial charge in [-0.05, 0) is 37.4 Å². The van der Waals surface area contributed by atoms with Crippen LogP contribution < -0.4 is 5.32 Å². The number of halogens is 4. The normalized spacial score (nSPS) is 10.9. The molecular weight excluding hydrogens is 362 g/mol. The predicted octanol–water partition coefficient (Wildman–Crippen LogP) is 4.86. The standard InChI is InChI=1S/C16H14Cl3FN2O/c1-22(8-11-12(17)3-2-4-15(11)20)9-16(23)21-10-5-6-13(18)14(19)7-10/h2-7H,8-9H2,1H3,(H,21,23). The molecule has 0 aromatic heterocycles. The van der Waals surface area contributed by atoms with Crippen LogP contribution in [0.5, 0.6) is 0 Å². The third-order valence-corrected chi connectivity index (χ3v) is 4.20. The van der Waals surface area contributed by atoms with Gasteiger partial charge in [0, 0.05) is 22.8 Å². The molecule has 3 nitrogen and oxygen atoms in total. The number of carbonyl (C=O) groups is 1. The van der Waals surface area contributed by atoms with Gasteiger partial charge in [0.15, 0.2) is 0 Å². The van der Waals surface area contributed by atoms with Crippen molar-refractivity contribution >= 4 is 46.4 Å². The van der Waals surface area contributed by atoms with Crippen molar-refractivity contribution < 1.29 is 9.18 Å². The Balaban J connectivity index is 1.95. The van der Waals surface area contributed by atoms with E-state index in [0.29, 0.717) is 26.3 Å². The van der Waals surface area contributed by atoms with Crippen LogP contribution in [0.3, 0.4) is 0 Å². The quantitative estimate of drug-likeness (QED) is 0.809. The van der Waals surface area contributed by atoms with Crippen molar-refractivity contribution in [2.75, 3.05) is 18.9 Å². The van der Waals surface area contributed by atoms with E-state index in [1.165, 1.54) is 12.1 Å². The lowest BCUT2D eigenvalue weighted by Gasteiger charge is -2.17. The van der Waals surface area contributed by atoms with Gasteiger partial charge in [-0.15, -0.1) is 0 Å². The van der Waals surface area contributed by atoms with Crippen LogP contribution in [0, 0.1) is 5.82 Å². The molecule has 2 rings (SSSR count). The highest BCUT2D eigenvalue weighted by atomic mass is 35.5. The van der Waals surface area contributed by atoms with E-state index in [-0.39, 0.29) is 19.0 Å². The van der Waals surface area contributed by atoms with E-state index >= 15 is 0 Å². The monoisotopic (exact) mass is 374 g/mol. The smallest absolute Gasteiger partial charge is 0.238 e. The minimum absolute atomic E-state index is 0.0743. The maximum absolute atomic E-state index is 13.7. The van der Waals surface area contributed by atoms with Gasteiger partial charge in [0.2, 0.25) is 5.91 Å². The minimum atomic E-state index is -0.394. The zero-order chi connectivity index (χ0) is 17.0. The summed E-state index contributed by atoms with van der Waals surface area (Å²) in [6.07, 6.45) is 0. The summed E-state index contributed by atoms with van der Waals surface area (Å²) in [4.78, 5) is 13.7. The second-order valence-electron chi connectivity index (χ2n) is 5.05. The molecule has 0 spiro atoms. The molecule has 0 atom stereocenters. The number of nitrogens with one attached hydrogen (secondary N) is 1. The van der Waals surface area contributed by atoms with E-state index in [9.17, 15) is 9.18 Å². The highest BCUT2D eigenvalue weighted by molar-refractivity contribution is 6.42. The van der Waals surface area contributed by atoms with Gasteiger partial charge in [0.25, 0.3) is 0 Å². The molecular formula is C16H14Cl3FN2O. The first-order valence-electron chi connectivity index (χ1n) is 6.73. The number of likely N-dealkylation sites (N-methyl/N-ethyl adjacent to an activating group) is 1. The summed E-state index contributed by atoms with van der Waals surface area (Å²) in [5.41, 5.74) is 0.903. The first-order valence-corrected chi connectivity index (χ1v) is 7.86. The zero-order valence-corrected chi connectivity index (χ0v) is 14.5. The number of carbonyl (C=O) groups excluding carboxylic acids is 1. The molecule has 1 amide bonds. The van der Waals surface area contributed by atoms with Gasteiger partial charge in [-0.2, -0.15) is 0 Å². The fraction of sp³-hybridized carbons (Fsp3) is 0.188. The second-order valence-corrected chi connectivity index (χ2v) is 6.27. The Morgan fingerprint density at radius 1 is 1.13 bits per heavy atom. The number of hydrogen-bond acceptors (Lipinski definition) is 2. The highest BCUT2D eigenvalue weighted by Crippen LogP contribution is 2.25. The third-order valence-electron chi connectivity index (χ3n) is 3.11. The minimum Gasteiger partial charge on any atom is -0.325 e. The Morgan fingerprint density at radius 2 is 1.87 bits per heavy atom. The van der Waals surface area contributed by atoms with E-state index in [2.05, 4.69) is 5.32 Å². The predicted molar refractivity (Wildman–Crippen MR) is 92.8 cm³/mol. The average Bonchev–Trinajstić information content (AvgIpc) is 2.47. The van der Waals surface area contributed by atoms with Crippen molar-refractivity contribution in [1.29, 1.82) is 0 Å². The summed E-state index contributed by atoms with van der Waals surface area (Å²) in [5.74, 6) is -0.646. The van der Waals surface area contributed by atoms with E-state index in [1.807, 2.05) is 0 Å². The van der Waals surface area contributed by atoms with Crippen LogP contribution in [0.1, 0.15) is 5.56 Å². The van der Waals surface area contributed by atoms with Gasteiger partial charge in [-0.1, -0.05) is 40.9 Å². The SMILES string of the molecule is CN(CC(=O)Nc1ccc(Cl)c(Cl)c1)Cc1c(F)cccc1Cl. The lowest BCUT2D eigenvalue weighted by Crippen LogP contribution is -2.30. The Hall–Kier alpha value is -1.33. The van der Waals surface area contributed by atoms with Crippen LogP contribution in [-0.2, 0) is 11.3 Å². The largest absolute Gasteiger partial charge is 0.325 e. The van der Waals surface area contributed by atoms with Crippen LogP contribution in [0.2, 0.25) is 15.1 Å². The molecule has 1 N–H and O–H groups in total. The molecule has 0 heterocycles. The summed E-state index contributed by atoms with van der Waals surface area (Å²) < 4.78 is 13.7. The zero-order valence-electron chi connectivity index (χ0n) is 12.2. The lowest BCUT2D eigenvalue weighted by atomic mass is 10.2. The van der Waals surface area contributed by atoms with Crippen LogP contribution >= 0.6 is 34.8 Å². The average molecular weight is 376 g/mol. The molecule has 0 radical (unpaired) electrons. The lowest BCUT2D eigenvalue weighted by molar-refractivity contribution is -0.117. The van der Waals surface area contributed by atoms with Gasteiger partial charge in [-0.3, -0.25) is 9.69 Å². The molecule has 0 aliphatic rings. The number of anilines is 1. The van der Waals surface area contributed by atoms with E-state index in [4.69, 9.17) is 34.8 Å². The molecule has 0 aliphatic heterocycles. The van der Waals surface area contributed by atoms with Gasteiger partial charge < -0.3 is 5.32 Å². The Bertz CT molecular complexity index is 704. The van der Waals surface area contributed by atoms with Gasteiger partial charge in [0.05, 0.1) is 16.6 Å². The summed E-state index contributed by atoms with van der Waals surface area (Å²) in [5, 5.41) is 3.81. The van der Waals surface area contributed by atoms with Crippen molar-refractivity contribution in [2.45, 2.75) is 6.54 Å². The maximum Gasteiger partial charge on any atom is 0.238 e. The Labute approximate surface area is 148 Å². The molecule has 0 unspecified atom stereocenters. The summed E-state index contributed by atoms with van der Waals surface area (Å²) in [7, 11) is 1.71. The van der Waals surface area contributed by atoms with E-state index in [1.54, 1.807) is 36.2 Å². The third kappa shape index (κ3) is 5.08. The molecule has 0 saturated carbocycles. The number of rotatable bonds is 5. The number of amides is 1. The van der Waals surface area contributed by atoms with Crippen molar-refractivity contribution in [1.82, 2.24) is 4.90 Å². The molecule has 122 valence electrons. The molecule has 0 fully saturated rings. The van der Waals surface area contributed by atoms with Crippen molar-refractivity contribution in [3.63, 3.8) is 0 Å². The Kier molecular flexibility index (Phi) is 6.25. The summed E-state index contributed by atoms with van der Waals surface area (Å²) >= 11 is 17.7. The fourth-order valence-corrected chi connectivity index (χ4v) is 2.55. The van der Waals surface area contributed by atoms with E-state index < -0.39 is 5.82 Å². The topological polar surface area (TPSA) is 32.3 Å². The van der Waals surface area contributed by atoms with Crippen LogP contribution in [-0.4, -0.2) is 24.4 Å². The molecule has 23 heavy (non-hydrogen) atoms. The van der Waals surface area contributed by atoms with Crippen LogP contribution in [0.25, 0.3) is 0 Å². The van der Waals surface area contributed by atoms with Crippen LogP contribution in [0.4, 0.5) is 10.1 Å². The molecule has 0 saturated heterocycles. The fourth-order valence-electron chi connectivity index (χ4n) is 2.03. The Morgan fingerprint density at radius 3 is 2.52 bits per heavy atom. The first-order chi connectivity index (χ1) is 10.9. The number of nitrogens with zero attached hydrogens (tertiary/aromatic N) is 1. The summed E-state index contributed by atoms with van der Waals surface area (Å²) in [6, 6.07) is 9.31. The first kappa shape index (κ1) is 18.0. The van der Waals surface area contributed by atoms with Crippen molar-refractivity contribution in [3.05, 3.63) is 62.8 Å². The van der Waals surface area contributed by atoms with Gasteiger partial charge in [-0.25, -0.2) is 4.39 Å². The van der Waals surface area contributed by atoms with Gasteiger partial charge >= 0.3 is 0 Å². The highest BCUT2D eigenvalue weighted by Gasteiger charge is 2.13. The molecule has 2 aromatic carbocycles. The van der Waals surface area contributed by atoms with Crippen molar-refractivity contribution in [2.24, 2.45) is 0 Å². The molecule has 0 bridgehead atoms. The summed E-state index contributed by atoms with van der Waals surface area (Å²) in [6.45, 7) is 0.297. The maximum atomic E-state index is 13.7. The van der Waals surface area contributed by atoms with Gasteiger partial charge in [0.1, 0.15) is 5.82 Å². The molecule has 0 aliphatic carbocycles. The second kappa shape index (κ2) is 7.97. The number of hydrogen-bond donors (Lipinski definition) is 1.